The maximum atomic E-state index is 12.0. The first-order chi connectivity index (χ1) is 10.1. The second-order valence-electron chi connectivity index (χ2n) is 4.30. The van der Waals surface area contributed by atoms with Crippen molar-refractivity contribution in [3.05, 3.63) is 23.5 Å². The van der Waals surface area contributed by atoms with Crippen molar-refractivity contribution < 1.29 is 23.7 Å². The summed E-state index contributed by atoms with van der Waals surface area (Å²) >= 11 is 0. The molecule has 0 aliphatic heterocycles. The van der Waals surface area contributed by atoms with E-state index in [1.807, 2.05) is 6.92 Å². The van der Waals surface area contributed by atoms with Gasteiger partial charge in [0.25, 0.3) is 0 Å². The van der Waals surface area contributed by atoms with Gasteiger partial charge in [-0.2, -0.15) is 0 Å². The lowest BCUT2D eigenvalue weighted by Gasteiger charge is -2.18. The number of ether oxygens (including phenoxy) is 4. The quantitative estimate of drug-likeness (QED) is 0.806. The highest BCUT2D eigenvalue weighted by Crippen LogP contribution is 2.46. The van der Waals surface area contributed by atoms with Crippen molar-refractivity contribution in [3.63, 3.8) is 0 Å². The zero-order chi connectivity index (χ0) is 15.6. The SMILES string of the molecule is COC(=O)c1nccc2c(OC)c(C)c(OC)c(OC)c12. The molecular formula is C15H17NO5. The molecule has 2 rings (SSSR count). The Morgan fingerprint density at radius 3 is 2.14 bits per heavy atom. The molecule has 0 radical (unpaired) electrons. The summed E-state index contributed by atoms with van der Waals surface area (Å²) in [5, 5.41) is 1.22. The average molecular weight is 291 g/mol. The van der Waals surface area contributed by atoms with E-state index in [2.05, 4.69) is 4.98 Å². The first kappa shape index (κ1) is 14.9. The number of rotatable bonds is 4. The molecular weight excluding hydrogens is 274 g/mol. The van der Waals surface area contributed by atoms with Crippen LogP contribution in [0.3, 0.4) is 0 Å². The summed E-state index contributed by atoms with van der Waals surface area (Å²) in [7, 11) is 5.91. The van der Waals surface area contributed by atoms with Gasteiger partial charge in [0.05, 0.1) is 33.8 Å². The van der Waals surface area contributed by atoms with Crippen LogP contribution in [0.2, 0.25) is 0 Å². The topological polar surface area (TPSA) is 66.9 Å². The summed E-state index contributed by atoms with van der Waals surface area (Å²) in [5.74, 6) is 0.987. The van der Waals surface area contributed by atoms with Crippen LogP contribution in [-0.4, -0.2) is 39.4 Å². The fraction of sp³-hybridized carbons (Fsp3) is 0.333. The molecule has 0 aliphatic carbocycles. The number of carbonyl (C=O) groups excluding carboxylic acids is 1. The van der Waals surface area contributed by atoms with Gasteiger partial charge in [0, 0.05) is 17.1 Å². The fourth-order valence-corrected chi connectivity index (χ4v) is 2.42. The van der Waals surface area contributed by atoms with E-state index in [9.17, 15) is 4.79 Å². The lowest BCUT2D eigenvalue weighted by molar-refractivity contribution is 0.0596. The second-order valence-corrected chi connectivity index (χ2v) is 4.30. The van der Waals surface area contributed by atoms with Gasteiger partial charge in [-0.05, 0) is 13.0 Å². The standard InChI is InChI=1S/C15H17NO5/c1-8-12(18-2)9-6-7-16-11(15(17)21-5)10(9)14(20-4)13(8)19-3/h6-7H,1-5H3. The average Bonchev–Trinajstić information content (AvgIpc) is 2.52. The highest BCUT2D eigenvalue weighted by Gasteiger charge is 2.24. The maximum absolute atomic E-state index is 12.0. The van der Waals surface area contributed by atoms with Gasteiger partial charge in [-0.3, -0.25) is 0 Å². The maximum Gasteiger partial charge on any atom is 0.357 e. The third-order valence-corrected chi connectivity index (χ3v) is 3.30. The van der Waals surface area contributed by atoms with Gasteiger partial charge in [-0.1, -0.05) is 0 Å². The van der Waals surface area contributed by atoms with Crippen molar-refractivity contribution in [2.75, 3.05) is 28.4 Å². The molecule has 1 aromatic carbocycles. The Kier molecular flexibility index (Phi) is 4.16. The zero-order valence-electron chi connectivity index (χ0n) is 12.6. The van der Waals surface area contributed by atoms with Crippen LogP contribution < -0.4 is 14.2 Å². The van der Waals surface area contributed by atoms with E-state index in [0.717, 1.165) is 5.56 Å². The number of fused-ring (bicyclic) bond motifs is 1. The molecule has 6 nitrogen and oxygen atoms in total. The zero-order valence-corrected chi connectivity index (χ0v) is 12.6. The Hall–Kier alpha value is -2.50. The molecule has 0 N–H and O–H groups in total. The predicted molar refractivity (Wildman–Crippen MR) is 77.5 cm³/mol. The van der Waals surface area contributed by atoms with E-state index in [1.165, 1.54) is 27.5 Å². The van der Waals surface area contributed by atoms with Crippen LogP contribution in [-0.2, 0) is 4.74 Å². The largest absolute Gasteiger partial charge is 0.496 e. The van der Waals surface area contributed by atoms with Gasteiger partial charge in [0.15, 0.2) is 17.2 Å². The number of aromatic nitrogens is 1. The molecule has 0 bridgehead atoms. The summed E-state index contributed by atoms with van der Waals surface area (Å²) in [6.45, 7) is 1.86. The molecule has 1 aromatic heterocycles. The van der Waals surface area contributed by atoms with Crippen LogP contribution >= 0.6 is 0 Å². The Bertz CT molecular complexity index is 696. The Morgan fingerprint density at radius 2 is 1.62 bits per heavy atom. The van der Waals surface area contributed by atoms with Crippen molar-refractivity contribution in [3.8, 4) is 17.2 Å². The third kappa shape index (κ3) is 2.22. The van der Waals surface area contributed by atoms with Crippen LogP contribution in [0.4, 0.5) is 0 Å². The number of benzene rings is 1. The van der Waals surface area contributed by atoms with Crippen molar-refractivity contribution in [1.82, 2.24) is 4.98 Å². The van der Waals surface area contributed by atoms with E-state index in [0.29, 0.717) is 28.0 Å². The number of hydrogen-bond donors (Lipinski definition) is 0. The van der Waals surface area contributed by atoms with E-state index in [-0.39, 0.29) is 5.69 Å². The highest BCUT2D eigenvalue weighted by molar-refractivity contribution is 6.09. The molecule has 2 aromatic rings. The molecule has 0 fully saturated rings. The van der Waals surface area contributed by atoms with Gasteiger partial charge >= 0.3 is 5.97 Å². The first-order valence-corrected chi connectivity index (χ1v) is 6.26. The summed E-state index contributed by atoms with van der Waals surface area (Å²) in [6.07, 6.45) is 1.53. The molecule has 0 unspecified atom stereocenters. The summed E-state index contributed by atoms with van der Waals surface area (Å²) in [5.41, 5.74) is 0.940. The van der Waals surface area contributed by atoms with Crippen molar-refractivity contribution in [2.45, 2.75) is 6.92 Å². The summed E-state index contributed by atoms with van der Waals surface area (Å²) in [6, 6.07) is 1.76. The summed E-state index contributed by atoms with van der Waals surface area (Å²) in [4.78, 5) is 16.1. The minimum absolute atomic E-state index is 0.156. The van der Waals surface area contributed by atoms with E-state index in [1.54, 1.807) is 13.2 Å². The lowest BCUT2D eigenvalue weighted by atomic mass is 10.0. The predicted octanol–water partition coefficient (Wildman–Crippen LogP) is 2.36. The molecule has 0 saturated carbocycles. The number of methoxy groups -OCH3 is 4. The van der Waals surface area contributed by atoms with Crippen LogP contribution in [0.15, 0.2) is 12.3 Å². The Labute approximate surface area is 122 Å². The number of nitrogens with zero attached hydrogens (tertiary/aromatic N) is 1. The number of esters is 1. The molecule has 0 spiro atoms. The number of hydrogen-bond acceptors (Lipinski definition) is 6. The van der Waals surface area contributed by atoms with Gasteiger partial charge in [0.1, 0.15) is 5.75 Å². The van der Waals surface area contributed by atoms with Gasteiger partial charge < -0.3 is 18.9 Å². The molecule has 21 heavy (non-hydrogen) atoms. The van der Waals surface area contributed by atoms with Gasteiger partial charge in [-0.15, -0.1) is 0 Å². The summed E-state index contributed by atoms with van der Waals surface area (Å²) < 4.78 is 21.1. The third-order valence-electron chi connectivity index (χ3n) is 3.30. The minimum atomic E-state index is -0.549. The van der Waals surface area contributed by atoms with Gasteiger partial charge in [-0.25, -0.2) is 9.78 Å². The van der Waals surface area contributed by atoms with E-state index >= 15 is 0 Å². The molecule has 6 heteroatoms. The van der Waals surface area contributed by atoms with Crippen molar-refractivity contribution >= 4 is 16.7 Å². The molecule has 1 heterocycles. The van der Waals surface area contributed by atoms with Crippen LogP contribution in [0.1, 0.15) is 16.1 Å². The monoisotopic (exact) mass is 291 g/mol. The minimum Gasteiger partial charge on any atom is -0.496 e. The van der Waals surface area contributed by atoms with Crippen LogP contribution in [0.5, 0.6) is 17.2 Å². The van der Waals surface area contributed by atoms with Crippen molar-refractivity contribution in [1.29, 1.82) is 0 Å². The highest BCUT2D eigenvalue weighted by atomic mass is 16.5. The molecule has 112 valence electrons. The first-order valence-electron chi connectivity index (χ1n) is 6.26. The second kappa shape index (κ2) is 5.87. The van der Waals surface area contributed by atoms with Gasteiger partial charge in [0.2, 0.25) is 0 Å². The fourth-order valence-electron chi connectivity index (χ4n) is 2.42. The lowest BCUT2D eigenvalue weighted by Crippen LogP contribution is -2.07. The molecule has 0 atom stereocenters. The van der Waals surface area contributed by atoms with E-state index < -0.39 is 5.97 Å². The van der Waals surface area contributed by atoms with Crippen LogP contribution in [0.25, 0.3) is 10.8 Å². The smallest absolute Gasteiger partial charge is 0.357 e. The van der Waals surface area contributed by atoms with E-state index in [4.69, 9.17) is 18.9 Å². The Balaban J connectivity index is 3.02. The molecule has 0 amide bonds. The van der Waals surface area contributed by atoms with Crippen LogP contribution in [0, 0.1) is 6.92 Å². The normalized spacial score (nSPS) is 10.3. The Morgan fingerprint density at radius 1 is 1.00 bits per heavy atom. The molecule has 0 saturated heterocycles. The molecule has 0 aliphatic rings. The number of pyridine rings is 1. The van der Waals surface area contributed by atoms with Crippen molar-refractivity contribution in [2.24, 2.45) is 0 Å². The number of carbonyl (C=O) groups is 1.